The van der Waals surface area contributed by atoms with E-state index in [0.717, 1.165) is 18.4 Å². The third-order valence-corrected chi connectivity index (χ3v) is 6.10. The number of carbonyl (C=O) groups excluding carboxylic acids is 1. The first-order valence-electron chi connectivity index (χ1n) is 12.6. The standard InChI is InChI=1S/C28H39N3O2/c1-4-6-7-8-9-10-11-12-14-23-20-30-27(31-21-23)24-15-17-26(18-16-24)33-28(32)22(3)25(19-29)13-5-2/h15-18,20-22,25H,4-14H2,1-3H3. The lowest BCUT2D eigenvalue weighted by molar-refractivity contribution is -0.139. The third kappa shape index (κ3) is 9.34. The van der Waals surface area contributed by atoms with Gasteiger partial charge in [0.25, 0.3) is 0 Å². The Hall–Kier alpha value is -2.74. The van der Waals surface area contributed by atoms with Crippen LogP contribution in [-0.2, 0) is 11.2 Å². The van der Waals surface area contributed by atoms with Crippen LogP contribution in [0, 0.1) is 23.2 Å². The van der Waals surface area contributed by atoms with E-state index in [1.807, 2.05) is 31.5 Å². The van der Waals surface area contributed by atoms with Gasteiger partial charge in [0, 0.05) is 18.0 Å². The van der Waals surface area contributed by atoms with Gasteiger partial charge in [0.2, 0.25) is 0 Å². The smallest absolute Gasteiger partial charge is 0.315 e. The summed E-state index contributed by atoms with van der Waals surface area (Å²) in [5.41, 5.74) is 2.05. The van der Waals surface area contributed by atoms with Crippen LogP contribution in [0.25, 0.3) is 11.4 Å². The van der Waals surface area contributed by atoms with Gasteiger partial charge in [-0.3, -0.25) is 4.79 Å². The van der Waals surface area contributed by atoms with Crippen molar-refractivity contribution in [3.63, 3.8) is 0 Å². The van der Waals surface area contributed by atoms with E-state index in [1.165, 1.54) is 56.9 Å². The number of carbonyl (C=O) groups is 1. The van der Waals surface area contributed by atoms with Crippen molar-refractivity contribution in [2.45, 2.75) is 91.4 Å². The highest BCUT2D eigenvalue weighted by atomic mass is 16.5. The first kappa shape index (κ1) is 26.5. The monoisotopic (exact) mass is 449 g/mol. The second-order valence-corrected chi connectivity index (χ2v) is 8.90. The van der Waals surface area contributed by atoms with Crippen LogP contribution in [-0.4, -0.2) is 15.9 Å². The molecule has 1 aromatic heterocycles. The van der Waals surface area contributed by atoms with Crippen molar-refractivity contribution < 1.29 is 9.53 Å². The highest BCUT2D eigenvalue weighted by Gasteiger charge is 2.25. The molecule has 0 saturated carbocycles. The van der Waals surface area contributed by atoms with Crippen molar-refractivity contribution in [2.24, 2.45) is 11.8 Å². The molecule has 5 nitrogen and oxygen atoms in total. The molecule has 33 heavy (non-hydrogen) atoms. The minimum atomic E-state index is -0.452. The van der Waals surface area contributed by atoms with Gasteiger partial charge < -0.3 is 4.74 Å². The Bertz CT molecular complexity index is 856. The first-order valence-corrected chi connectivity index (χ1v) is 12.6. The molecule has 0 fully saturated rings. The van der Waals surface area contributed by atoms with Crippen molar-refractivity contribution in [2.75, 3.05) is 0 Å². The lowest BCUT2D eigenvalue weighted by Gasteiger charge is -2.15. The molecule has 2 atom stereocenters. The molecular weight excluding hydrogens is 410 g/mol. The number of nitriles is 1. The molecule has 0 radical (unpaired) electrons. The van der Waals surface area contributed by atoms with Crippen LogP contribution in [0.4, 0.5) is 0 Å². The van der Waals surface area contributed by atoms with Crippen LogP contribution in [0.15, 0.2) is 36.7 Å². The molecule has 0 saturated heterocycles. The van der Waals surface area contributed by atoms with E-state index < -0.39 is 5.92 Å². The Kier molecular flexibility index (Phi) is 12.2. The number of unbranched alkanes of at least 4 members (excludes halogenated alkanes) is 7. The largest absolute Gasteiger partial charge is 0.426 e. The predicted octanol–water partition coefficient (Wildman–Crippen LogP) is 7.31. The number of hydrogen-bond donors (Lipinski definition) is 0. The molecule has 0 N–H and O–H groups in total. The van der Waals surface area contributed by atoms with Gasteiger partial charge in [-0.2, -0.15) is 5.26 Å². The summed E-state index contributed by atoms with van der Waals surface area (Å²) in [4.78, 5) is 21.4. The molecule has 0 aliphatic carbocycles. The Morgan fingerprint density at radius 2 is 1.55 bits per heavy atom. The Labute approximate surface area is 199 Å². The van der Waals surface area contributed by atoms with Crippen LogP contribution >= 0.6 is 0 Å². The quantitative estimate of drug-likeness (QED) is 0.162. The fourth-order valence-corrected chi connectivity index (χ4v) is 3.88. The molecular formula is C28H39N3O2. The number of ether oxygens (including phenoxy) is 1. The average Bonchev–Trinajstić information content (AvgIpc) is 2.84. The van der Waals surface area contributed by atoms with Crippen LogP contribution < -0.4 is 4.74 Å². The van der Waals surface area contributed by atoms with Crippen molar-refractivity contribution >= 4 is 5.97 Å². The SMILES string of the molecule is CCCCCCCCCCc1cnc(-c2ccc(OC(=O)C(C)C(C#N)CCC)cc2)nc1. The number of esters is 1. The maximum Gasteiger partial charge on any atom is 0.315 e. The number of aromatic nitrogens is 2. The normalized spacial score (nSPS) is 12.7. The molecule has 2 unspecified atom stereocenters. The second kappa shape index (κ2) is 15.2. The lowest BCUT2D eigenvalue weighted by Crippen LogP contribution is -2.24. The molecule has 0 spiro atoms. The van der Waals surface area contributed by atoms with Gasteiger partial charge in [-0.1, -0.05) is 72.1 Å². The Balaban J connectivity index is 1.80. The van der Waals surface area contributed by atoms with Crippen LogP contribution in [0.2, 0.25) is 0 Å². The lowest BCUT2D eigenvalue weighted by atomic mass is 9.91. The van der Waals surface area contributed by atoms with E-state index in [-0.39, 0.29) is 11.9 Å². The average molecular weight is 450 g/mol. The highest BCUT2D eigenvalue weighted by molar-refractivity contribution is 5.75. The van der Waals surface area contributed by atoms with E-state index >= 15 is 0 Å². The molecule has 1 aromatic carbocycles. The second-order valence-electron chi connectivity index (χ2n) is 8.90. The molecule has 0 bridgehead atoms. The third-order valence-electron chi connectivity index (χ3n) is 6.10. The van der Waals surface area contributed by atoms with Crippen LogP contribution in [0.1, 0.15) is 90.5 Å². The maximum absolute atomic E-state index is 12.4. The summed E-state index contributed by atoms with van der Waals surface area (Å²) in [5, 5.41) is 9.26. The maximum atomic E-state index is 12.4. The van der Waals surface area contributed by atoms with Gasteiger partial charge in [-0.15, -0.1) is 0 Å². The van der Waals surface area contributed by atoms with Crippen molar-refractivity contribution in [3.8, 4) is 23.2 Å². The summed E-state index contributed by atoms with van der Waals surface area (Å²) in [6.07, 6.45) is 16.9. The van der Waals surface area contributed by atoms with Crippen LogP contribution in [0.3, 0.4) is 0 Å². The number of hydrogen-bond acceptors (Lipinski definition) is 5. The summed E-state index contributed by atoms with van der Waals surface area (Å²) in [7, 11) is 0. The fourth-order valence-electron chi connectivity index (χ4n) is 3.88. The minimum Gasteiger partial charge on any atom is -0.426 e. The van der Waals surface area contributed by atoms with E-state index in [1.54, 1.807) is 19.1 Å². The van der Waals surface area contributed by atoms with E-state index in [4.69, 9.17) is 4.74 Å². The van der Waals surface area contributed by atoms with Gasteiger partial charge in [0.05, 0.1) is 17.9 Å². The number of nitrogens with zero attached hydrogens (tertiary/aromatic N) is 3. The number of benzene rings is 1. The molecule has 2 aromatic rings. The Morgan fingerprint density at radius 3 is 2.12 bits per heavy atom. The van der Waals surface area contributed by atoms with Gasteiger partial charge in [-0.05, 0) is 49.1 Å². The van der Waals surface area contributed by atoms with Crippen molar-refractivity contribution in [1.29, 1.82) is 5.26 Å². The van der Waals surface area contributed by atoms with E-state index in [2.05, 4.69) is 23.0 Å². The summed E-state index contributed by atoms with van der Waals surface area (Å²) in [5.74, 6) is -0.0149. The topological polar surface area (TPSA) is 75.9 Å². The highest BCUT2D eigenvalue weighted by Crippen LogP contribution is 2.23. The number of rotatable bonds is 15. The van der Waals surface area contributed by atoms with E-state index in [9.17, 15) is 10.1 Å². The summed E-state index contributed by atoms with van der Waals surface area (Å²) >= 11 is 0. The van der Waals surface area contributed by atoms with Gasteiger partial charge >= 0.3 is 5.97 Å². The van der Waals surface area contributed by atoms with Gasteiger partial charge in [-0.25, -0.2) is 9.97 Å². The molecule has 0 amide bonds. The molecule has 1 heterocycles. The minimum absolute atomic E-state index is 0.320. The molecule has 178 valence electrons. The summed E-state index contributed by atoms with van der Waals surface area (Å²) in [6, 6.07) is 9.42. The Morgan fingerprint density at radius 1 is 0.939 bits per heavy atom. The zero-order valence-electron chi connectivity index (χ0n) is 20.6. The predicted molar refractivity (Wildman–Crippen MR) is 133 cm³/mol. The van der Waals surface area contributed by atoms with Crippen LogP contribution in [0.5, 0.6) is 5.75 Å². The van der Waals surface area contributed by atoms with Crippen molar-refractivity contribution in [1.82, 2.24) is 9.97 Å². The van der Waals surface area contributed by atoms with Gasteiger partial charge in [0.15, 0.2) is 5.82 Å². The first-order chi connectivity index (χ1) is 16.1. The molecule has 0 aliphatic rings. The van der Waals surface area contributed by atoms with Gasteiger partial charge in [0.1, 0.15) is 5.75 Å². The molecule has 5 heteroatoms. The van der Waals surface area contributed by atoms with Crippen molar-refractivity contribution in [3.05, 3.63) is 42.2 Å². The zero-order chi connectivity index (χ0) is 23.9. The summed E-state index contributed by atoms with van der Waals surface area (Å²) in [6.45, 7) is 6.01. The zero-order valence-corrected chi connectivity index (χ0v) is 20.6. The fraction of sp³-hybridized carbons (Fsp3) is 0.571. The molecule has 0 aliphatic heterocycles. The summed E-state index contributed by atoms with van der Waals surface area (Å²) < 4.78 is 5.48. The van der Waals surface area contributed by atoms with E-state index in [0.29, 0.717) is 18.0 Å². The number of aryl methyl sites for hydroxylation is 1. The molecule has 2 rings (SSSR count).